The van der Waals surface area contributed by atoms with Crippen LogP contribution in [0.1, 0.15) is 29.8 Å². The predicted molar refractivity (Wildman–Crippen MR) is 102 cm³/mol. The number of carbonyl (C=O) groups excluding carboxylic acids is 1. The van der Waals surface area contributed by atoms with Crippen LogP contribution in [0.2, 0.25) is 0 Å². The van der Waals surface area contributed by atoms with Crippen molar-refractivity contribution in [3.05, 3.63) is 59.7 Å². The molecule has 0 atom stereocenters. The van der Waals surface area contributed by atoms with Gasteiger partial charge < -0.3 is 10.1 Å². The van der Waals surface area contributed by atoms with E-state index in [0.29, 0.717) is 35.1 Å². The Bertz CT molecular complexity index is 812. The summed E-state index contributed by atoms with van der Waals surface area (Å²) >= 11 is 5.17. The van der Waals surface area contributed by atoms with Crippen LogP contribution in [0.5, 0.6) is 5.75 Å². The third-order valence-electron chi connectivity index (χ3n) is 3.18. The molecule has 0 saturated carbocycles. The molecule has 0 aromatic heterocycles. The van der Waals surface area contributed by atoms with E-state index in [4.69, 9.17) is 22.2 Å². The van der Waals surface area contributed by atoms with Gasteiger partial charge in [-0.15, -0.1) is 0 Å². The molecule has 0 fully saturated rings. The van der Waals surface area contributed by atoms with Gasteiger partial charge >= 0.3 is 0 Å². The van der Waals surface area contributed by atoms with Crippen molar-refractivity contribution in [1.29, 1.82) is 5.26 Å². The SMILES string of the molecule is CC(C)COc1ccccc1C(=O)NC(=S)Nc1cccc(C#N)c1. The molecule has 6 heteroatoms. The number of anilines is 1. The van der Waals surface area contributed by atoms with Crippen LogP contribution < -0.4 is 15.4 Å². The summed E-state index contributed by atoms with van der Waals surface area (Å²) in [5, 5.41) is 14.6. The van der Waals surface area contributed by atoms with E-state index in [-0.39, 0.29) is 11.0 Å². The number of nitriles is 1. The molecule has 0 bridgehead atoms. The molecule has 0 aliphatic carbocycles. The highest BCUT2D eigenvalue weighted by Crippen LogP contribution is 2.19. The lowest BCUT2D eigenvalue weighted by Gasteiger charge is -2.14. The number of para-hydroxylation sites is 1. The molecule has 1 amide bonds. The van der Waals surface area contributed by atoms with E-state index in [1.165, 1.54) is 0 Å². The van der Waals surface area contributed by atoms with Crippen molar-refractivity contribution in [2.75, 3.05) is 11.9 Å². The maximum Gasteiger partial charge on any atom is 0.261 e. The average Bonchev–Trinajstić information content (AvgIpc) is 2.60. The zero-order valence-corrected chi connectivity index (χ0v) is 14.9. The molecule has 2 aromatic rings. The molecule has 0 aliphatic rings. The molecule has 128 valence electrons. The number of amides is 1. The first kappa shape index (κ1) is 18.4. The van der Waals surface area contributed by atoms with Gasteiger partial charge in [0.05, 0.1) is 23.8 Å². The van der Waals surface area contributed by atoms with Crippen molar-refractivity contribution >= 4 is 28.9 Å². The number of hydrogen-bond acceptors (Lipinski definition) is 4. The number of benzene rings is 2. The Morgan fingerprint density at radius 2 is 2.00 bits per heavy atom. The van der Waals surface area contributed by atoms with Gasteiger partial charge in [0.15, 0.2) is 5.11 Å². The summed E-state index contributed by atoms with van der Waals surface area (Å²) in [4.78, 5) is 12.5. The summed E-state index contributed by atoms with van der Waals surface area (Å²) in [7, 11) is 0. The van der Waals surface area contributed by atoms with Gasteiger partial charge in [0, 0.05) is 5.69 Å². The number of nitrogens with one attached hydrogen (secondary N) is 2. The zero-order valence-electron chi connectivity index (χ0n) is 14.1. The molecular weight excluding hydrogens is 334 g/mol. The van der Waals surface area contributed by atoms with Crippen molar-refractivity contribution in [1.82, 2.24) is 5.32 Å². The van der Waals surface area contributed by atoms with Gasteiger partial charge in [-0.05, 0) is 48.5 Å². The first-order chi connectivity index (χ1) is 12.0. The third kappa shape index (κ3) is 5.59. The van der Waals surface area contributed by atoms with E-state index in [9.17, 15) is 4.79 Å². The molecule has 0 radical (unpaired) electrons. The van der Waals surface area contributed by atoms with Crippen LogP contribution in [-0.2, 0) is 0 Å². The standard InChI is InChI=1S/C19H19N3O2S/c1-13(2)12-24-17-9-4-3-8-16(17)18(23)22-19(25)21-15-7-5-6-14(10-15)11-20/h3-10,13H,12H2,1-2H3,(H2,21,22,23,25). The van der Waals surface area contributed by atoms with Crippen molar-refractivity contribution in [3.63, 3.8) is 0 Å². The Balaban J connectivity index is 2.04. The highest BCUT2D eigenvalue weighted by molar-refractivity contribution is 7.80. The van der Waals surface area contributed by atoms with E-state index < -0.39 is 0 Å². The minimum Gasteiger partial charge on any atom is -0.492 e. The molecule has 0 unspecified atom stereocenters. The third-order valence-corrected chi connectivity index (χ3v) is 3.38. The van der Waals surface area contributed by atoms with Crippen molar-refractivity contribution in [2.24, 2.45) is 5.92 Å². The van der Waals surface area contributed by atoms with E-state index >= 15 is 0 Å². The lowest BCUT2D eigenvalue weighted by molar-refractivity contribution is 0.0973. The molecule has 0 saturated heterocycles. The number of ether oxygens (including phenoxy) is 1. The fraction of sp³-hybridized carbons (Fsp3) is 0.211. The fourth-order valence-electron chi connectivity index (χ4n) is 2.04. The maximum absolute atomic E-state index is 12.5. The summed E-state index contributed by atoms with van der Waals surface area (Å²) in [5.74, 6) is 0.516. The highest BCUT2D eigenvalue weighted by Gasteiger charge is 2.14. The van der Waals surface area contributed by atoms with Gasteiger partial charge in [-0.25, -0.2) is 0 Å². The molecule has 0 aliphatic heterocycles. The summed E-state index contributed by atoms with van der Waals surface area (Å²) < 4.78 is 5.69. The van der Waals surface area contributed by atoms with E-state index in [1.54, 1.807) is 42.5 Å². The van der Waals surface area contributed by atoms with Gasteiger partial charge in [0.1, 0.15) is 5.75 Å². The van der Waals surface area contributed by atoms with Crippen LogP contribution >= 0.6 is 12.2 Å². The van der Waals surface area contributed by atoms with Gasteiger partial charge in [0.25, 0.3) is 5.91 Å². The first-order valence-electron chi connectivity index (χ1n) is 7.84. The molecule has 0 spiro atoms. The van der Waals surface area contributed by atoms with Crippen LogP contribution in [0.25, 0.3) is 0 Å². The molecule has 0 heterocycles. The van der Waals surface area contributed by atoms with Crippen LogP contribution in [0.15, 0.2) is 48.5 Å². The van der Waals surface area contributed by atoms with Crippen LogP contribution in [0.3, 0.4) is 0 Å². The predicted octanol–water partition coefficient (Wildman–Crippen LogP) is 3.72. The van der Waals surface area contributed by atoms with Crippen LogP contribution in [0, 0.1) is 17.2 Å². The van der Waals surface area contributed by atoms with Crippen molar-refractivity contribution in [2.45, 2.75) is 13.8 Å². The molecule has 2 rings (SSSR count). The Kier molecular flexibility index (Phi) is 6.49. The Morgan fingerprint density at radius 3 is 2.72 bits per heavy atom. The minimum atomic E-state index is -0.353. The van der Waals surface area contributed by atoms with Gasteiger partial charge in [-0.2, -0.15) is 5.26 Å². The topological polar surface area (TPSA) is 74.2 Å². The number of nitrogens with zero attached hydrogens (tertiary/aromatic N) is 1. The monoisotopic (exact) mass is 353 g/mol. The Hall–Kier alpha value is -2.91. The first-order valence-corrected chi connectivity index (χ1v) is 8.24. The van der Waals surface area contributed by atoms with E-state index in [2.05, 4.69) is 16.7 Å². The quantitative estimate of drug-likeness (QED) is 0.802. The number of carbonyl (C=O) groups is 1. The molecular formula is C19H19N3O2S. The summed E-state index contributed by atoms with van der Waals surface area (Å²) in [6.07, 6.45) is 0. The lowest BCUT2D eigenvalue weighted by atomic mass is 10.2. The normalized spacial score (nSPS) is 10.0. The molecule has 5 nitrogen and oxygen atoms in total. The Morgan fingerprint density at radius 1 is 1.24 bits per heavy atom. The summed E-state index contributed by atoms with van der Waals surface area (Å²) in [6, 6.07) is 15.9. The summed E-state index contributed by atoms with van der Waals surface area (Å²) in [6.45, 7) is 4.60. The fourth-order valence-corrected chi connectivity index (χ4v) is 2.25. The second-order valence-corrected chi connectivity index (χ2v) is 6.21. The smallest absolute Gasteiger partial charge is 0.261 e. The number of hydrogen-bond donors (Lipinski definition) is 2. The second kappa shape index (κ2) is 8.81. The largest absolute Gasteiger partial charge is 0.492 e. The van der Waals surface area contributed by atoms with E-state index in [1.807, 2.05) is 19.9 Å². The van der Waals surface area contributed by atoms with Crippen molar-refractivity contribution in [3.8, 4) is 11.8 Å². The number of rotatable bonds is 5. The Labute approximate surface area is 152 Å². The maximum atomic E-state index is 12.5. The minimum absolute atomic E-state index is 0.152. The van der Waals surface area contributed by atoms with Crippen molar-refractivity contribution < 1.29 is 9.53 Å². The highest BCUT2D eigenvalue weighted by atomic mass is 32.1. The van der Waals surface area contributed by atoms with E-state index in [0.717, 1.165) is 0 Å². The van der Waals surface area contributed by atoms with Gasteiger partial charge in [-0.1, -0.05) is 32.0 Å². The molecule has 25 heavy (non-hydrogen) atoms. The molecule has 2 N–H and O–H groups in total. The van der Waals surface area contributed by atoms with Gasteiger partial charge in [0.2, 0.25) is 0 Å². The second-order valence-electron chi connectivity index (χ2n) is 5.80. The molecule has 2 aromatic carbocycles. The average molecular weight is 353 g/mol. The van der Waals surface area contributed by atoms with Crippen LogP contribution in [0.4, 0.5) is 5.69 Å². The van der Waals surface area contributed by atoms with Crippen LogP contribution in [-0.4, -0.2) is 17.6 Å². The van der Waals surface area contributed by atoms with Gasteiger partial charge in [-0.3, -0.25) is 10.1 Å². The summed E-state index contributed by atoms with van der Waals surface area (Å²) in [5.41, 5.74) is 1.55. The zero-order chi connectivity index (χ0) is 18.2. The lowest BCUT2D eigenvalue weighted by Crippen LogP contribution is -2.34. The number of thiocarbonyl (C=S) groups is 1.